The predicted octanol–water partition coefficient (Wildman–Crippen LogP) is 6.04. The van der Waals surface area contributed by atoms with Gasteiger partial charge in [0.1, 0.15) is 6.04 Å². The van der Waals surface area contributed by atoms with Crippen molar-refractivity contribution in [2.45, 2.75) is 25.8 Å². The number of aryl methyl sites for hydroxylation is 2. The Labute approximate surface area is 171 Å². The Morgan fingerprint density at radius 3 is 2.64 bits per heavy atom. The molecule has 0 saturated carbocycles. The van der Waals surface area contributed by atoms with Crippen molar-refractivity contribution in [3.05, 3.63) is 101 Å². The lowest BCUT2D eigenvalue weighted by molar-refractivity contribution is -0.119. The smallest absolute Gasteiger partial charge is 0.159 e. The number of aromatic nitrogens is 1. The molecule has 0 spiro atoms. The van der Waals surface area contributed by atoms with E-state index in [9.17, 15) is 4.79 Å². The Bertz CT molecular complexity index is 969. The SMILES string of the molecule is C=Cc1ccccc1C(Nc1ccc(C)cc1Cl)C(=O)CCc1ccncc1. The van der Waals surface area contributed by atoms with Gasteiger partial charge in [-0.1, -0.05) is 54.6 Å². The second-order valence-corrected chi connectivity index (χ2v) is 7.12. The van der Waals surface area contributed by atoms with Crippen molar-refractivity contribution in [1.29, 1.82) is 0 Å². The third-order valence-corrected chi connectivity index (χ3v) is 5.00. The first kappa shape index (κ1) is 19.8. The molecular weight excluding hydrogens is 368 g/mol. The van der Waals surface area contributed by atoms with Crippen LogP contribution >= 0.6 is 11.6 Å². The van der Waals surface area contributed by atoms with Crippen LogP contribution in [-0.4, -0.2) is 10.8 Å². The Balaban J connectivity index is 1.89. The maximum Gasteiger partial charge on any atom is 0.159 e. The predicted molar refractivity (Wildman–Crippen MR) is 117 cm³/mol. The summed E-state index contributed by atoms with van der Waals surface area (Å²) < 4.78 is 0. The largest absolute Gasteiger partial charge is 0.370 e. The average Bonchev–Trinajstić information content (AvgIpc) is 2.72. The van der Waals surface area contributed by atoms with Gasteiger partial charge in [-0.2, -0.15) is 0 Å². The van der Waals surface area contributed by atoms with E-state index < -0.39 is 6.04 Å². The number of anilines is 1. The minimum absolute atomic E-state index is 0.0998. The molecule has 0 aliphatic carbocycles. The maximum atomic E-state index is 13.2. The van der Waals surface area contributed by atoms with E-state index in [-0.39, 0.29) is 5.78 Å². The zero-order chi connectivity index (χ0) is 19.9. The molecular formula is C24H23ClN2O. The molecule has 3 rings (SSSR count). The van der Waals surface area contributed by atoms with Gasteiger partial charge in [0.2, 0.25) is 0 Å². The number of pyridine rings is 1. The van der Waals surface area contributed by atoms with Crippen LogP contribution in [0.5, 0.6) is 0 Å². The molecule has 2 aromatic carbocycles. The van der Waals surface area contributed by atoms with Crippen LogP contribution in [0.25, 0.3) is 6.08 Å². The standard InChI is InChI=1S/C24H23ClN2O/c1-3-19-6-4-5-7-20(19)24(27-22-10-8-17(2)16-21(22)25)23(28)11-9-18-12-14-26-15-13-18/h3-8,10,12-16,24,27H,1,9,11H2,2H3. The van der Waals surface area contributed by atoms with Crippen molar-refractivity contribution in [1.82, 2.24) is 4.98 Å². The molecule has 0 aliphatic heterocycles. The second kappa shape index (κ2) is 9.34. The van der Waals surface area contributed by atoms with Gasteiger partial charge in [0, 0.05) is 18.8 Å². The third-order valence-electron chi connectivity index (χ3n) is 4.68. The van der Waals surface area contributed by atoms with E-state index in [2.05, 4.69) is 16.9 Å². The van der Waals surface area contributed by atoms with Gasteiger partial charge >= 0.3 is 0 Å². The quantitative estimate of drug-likeness (QED) is 0.509. The molecule has 1 heterocycles. The zero-order valence-corrected chi connectivity index (χ0v) is 16.6. The minimum atomic E-state index is -0.503. The number of carbonyl (C=O) groups is 1. The lowest BCUT2D eigenvalue weighted by Gasteiger charge is -2.22. The van der Waals surface area contributed by atoms with Crippen molar-refractivity contribution >= 4 is 29.1 Å². The number of rotatable bonds is 8. The van der Waals surface area contributed by atoms with E-state index in [1.54, 1.807) is 18.5 Å². The molecule has 1 aromatic heterocycles. The monoisotopic (exact) mass is 390 g/mol. The molecule has 28 heavy (non-hydrogen) atoms. The summed E-state index contributed by atoms with van der Waals surface area (Å²) in [6.07, 6.45) is 6.34. The highest BCUT2D eigenvalue weighted by Gasteiger charge is 2.23. The number of carbonyl (C=O) groups excluding carboxylic acids is 1. The summed E-state index contributed by atoms with van der Waals surface area (Å²) in [5.41, 5.74) is 4.73. The number of hydrogen-bond acceptors (Lipinski definition) is 3. The summed E-state index contributed by atoms with van der Waals surface area (Å²) in [4.78, 5) is 17.2. The lowest BCUT2D eigenvalue weighted by Crippen LogP contribution is -2.22. The molecule has 1 atom stereocenters. The number of hydrogen-bond donors (Lipinski definition) is 1. The van der Waals surface area contributed by atoms with Crippen LogP contribution in [0, 0.1) is 6.92 Å². The minimum Gasteiger partial charge on any atom is -0.370 e. The Morgan fingerprint density at radius 2 is 1.93 bits per heavy atom. The molecule has 1 unspecified atom stereocenters. The van der Waals surface area contributed by atoms with Gasteiger partial charge in [-0.15, -0.1) is 0 Å². The first-order valence-electron chi connectivity index (χ1n) is 9.24. The van der Waals surface area contributed by atoms with Gasteiger partial charge in [-0.05, 0) is 59.9 Å². The molecule has 1 N–H and O–H groups in total. The molecule has 3 nitrogen and oxygen atoms in total. The Morgan fingerprint density at radius 1 is 1.18 bits per heavy atom. The first-order chi connectivity index (χ1) is 13.6. The van der Waals surface area contributed by atoms with Crippen LogP contribution in [0.3, 0.4) is 0 Å². The van der Waals surface area contributed by atoms with Crippen LogP contribution in [0.15, 0.2) is 73.6 Å². The summed E-state index contributed by atoms with van der Waals surface area (Å²) in [6, 6.07) is 16.9. The van der Waals surface area contributed by atoms with Crippen molar-refractivity contribution in [2.75, 3.05) is 5.32 Å². The normalized spacial score (nSPS) is 11.6. The highest BCUT2D eigenvalue weighted by molar-refractivity contribution is 6.33. The molecule has 0 saturated heterocycles. The van der Waals surface area contributed by atoms with Gasteiger partial charge in [0.25, 0.3) is 0 Å². The fourth-order valence-electron chi connectivity index (χ4n) is 3.15. The molecule has 0 aliphatic rings. The Kier molecular flexibility index (Phi) is 6.62. The van der Waals surface area contributed by atoms with Crippen molar-refractivity contribution in [3.63, 3.8) is 0 Å². The average molecular weight is 391 g/mol. The summed E-state index contributed by atoms with van der Waals surface area (Å²) >= 11 is 6.41. The lowest BCUT2D eigenvalue weighted by atomic mass is 9.93. The molecule has 0 amide bonds. The van der Waals surface area contributed by atoms with Crippen LogP contribution in [0.2, 0.25) is 5.02 Å². The summed E-state index contributed by atoms with van der Waals surface area (Å²) in [5, 5.41) is 3.96. The summed E-state index contributed by atoms with van der Waals surface area (Å²) in [7, 11) is 0. The number of nitrogens with one attached hydrogen (secondary N) is 1. The first-order valence-corrected chi connectivity index (χ1v) is 9.62. The van der Waals surface area contributed by atoms with E-state index in [1.807, 2.05) is 61.5 Å². The molecule has 4 heteroatoms. The van der Waals surface area contributed by atoms with Crippen molar-refractivity contribution < 1.29 is 4.79 Å². The number of nitrogens with zero attached hydrogens (tertiary/aromatic N) is 1. The Hall–Kier alpha value is -2.91. The molecule has 142 valence electrons. The highest BCUT2D eigenvalue weighted by atomic mass is 35.5. The zero-order valence-electron chi connectivity index (χ0n) is 15.9. The van der Waals surface area contributed by atoms with Crippen molar-refractivity contribution in [2.24, 2.45) is 0 Å². The number of ketones is 1. The van der Waals surface area contributed by atoms with Gasteiger partial charge in [0.15, 0.2) is 5.78 Å². The molecule has 3 aromatic rings. The van der Waals surface area contributed by atoms with Crippen molar-refractivity contribution in [3.8, 4) is 0 Å². The van der Waals surface area contributed by atoms with Gasteiger partial charge in [-0.25, -0.2) is 0 Å². The van der Waals surface area contributed by atoms with E-state index in [0.29, 0.717) is 17.9 Å². The molecule has 0 bridgehead atoms. The third kappa shape index (κ3) is 4.87. The van der Waals surface area contributed by atoms with Crippen LogP contribution in [0.1, 0.15) is 34.7 Å². The molecule has 0 radical (unpaired) electrons. The van der Waals surface area contributed by atoms with Gasteiger partial charge < -0.3 is 5.32 Å². The summed E-state index contributed by atoms with van der Waals surface area (Å²) in [6.45, 7) is 5.88. The van der Waals surface area contributed by atoms with Crippen LogP contribution in [0.4, 0.5) is 5.69 Å². The van der Waals surface area contributed by atoms with Gasteiger partial charge in [0.05, 0.1) is 10.7 Å². The fourth-order valence-corrected chi connectivity index (χ4v) is 3.44. The van der Waals surface area contributed by atoms with Gasteiger partial charge in [-0.3, -0.25) is 9.78 Å². The van der Waals surface area contributed by atoms with Crippen LogP contribution < -0.4 is 5.32 Å². The topological polar surface area (TPSA) is 42.0 Å². The van der Waals surface area contributed by atoms with E-state index in [4.69, 9.17) is 11.6 Å². The maximum absolute atomic E-state index is 13.2. The second-order valence-electron chi connectivity index (χ2n) is 6.72. The highest BCUT2D eigenvalue weighted by Crippen LogP contribution is 2.30. The summed E-state index contributed by atoms with van der Waals surface area (Å²) in [5.74, 6) is 0.0998. The fraction of sp³-hybridized carbons (Fsp3) is 0.167. The number of Topliss-reactive ketones (excluding diaryl/α,β-unsaturated/α-hetero) is 1. The number of benzene rings is 2. The molecule has 0 fully saturated rings. The van der Waals surface area contributed by atoms with Crippen LogP contribution in [-0.2, 0) is 11.2 Å². The van der Waals surface area contributed by atoms with E-state index >= 15 is 0 Å². The number of halogens is 1. The van der Waals surface area contributed by atoms with E-state index in [0.717, 1.165) is 27.9 Å². The van der Waals surface area contributed by atoms with E-state index in [1.165, 1.54) is 0 Å².